The molecule has 1 saturated heterocycles. The molecule has 22 heavy (non-hydrogen) atoms. The number of amides is 1. The Morgan fingerprint density at radius 1 is 1.23 bits per heavy atom. The Bertz CT molecular complexity index is 355. The molecule has 3 unspecified atom stereocenters. The highest BCUT2D eigenvalue weighted by molar-refractivity contribution is 8.06. The van der Waals surface area contributed by atoms with Gasteiger partial charge in [-0.15, -0.1) is 0 Å². The van der Waals surface area contributed by atoms with Gasteiger partial charge in [-0.1, -0.05) is 0 Å². The standard InChI is InChI=1S/C16H30N2O2S2/c1-16(2,3)20-15(19)18-13-6-4-5-12(9-13)17-10-14-11-21-7-8-22-14/h12-14,17H,4-11H2,1-3H3,(H,18,19). The van der Waals surface area contributed by atoms with Crippen molar-refractivity contribution in [2.24, 2.45) is 0 Å². The minimum Gasteiger partial charge on any atom is -0.444 e. The number of alkyl carbamates (subject to hydrolysis) is 1. The molecular formula is C16H30N2O2S2. The second kappa shape index (κ2) is 8.69. The number of hydrogen-bond donors (Lipinski definition) is 2. The first-order valence-electron chi connectivity index (χ1n) is 8.34. The zero-order valence-corrected chi connectivity index (χ0v) is 15.7. The molecule has 0 aromatic rings. The maximum atomic E-state index is 11.9. The van der Waals surface area contributed by atoms with Crippen LogP contribution in [-0.2, 0) is 4.74 Å². The van der Waals surface area contributed by atoms with Gasteiger partial charge in [0.05, 0.1) is 0 Å². The molecule has 2 N–H and O–H groups in total. The van der Waals surface area contributed by atoms with Crippen molar-refractivity contribution >= 4 is 29.6 Å². The fourth-order valence-electron chi connectivity index (χ4n) is 2.93. The Balaban J connectivity index is 1.68. The highest BCUT2D eigenvalue weighted by Gasteiger charge is 2.26. The van der Waals surface area contributed by atoms with E-state index in [0.717, 1.165) is 24.6 Å². The predicted molar refractivity (Wildman–Crippen MR) is 97.0 cm³/mol. The molecule has 2 fully saturated rings. The van der Waals surface area contributed by atoms with E-state index >= 15 is 0 Å². The number of ether oxygens (including phenoxy) is 1. The summed E-state index contributed by atoms with van der Waals surface area (Å²) in [5, 5.41) is 7.50. The summed E-state index contributed by atoms with van der Waals surface area (Å²) in [5.41, 5.74) is -0.424. The quantitative estimate of drug-likeness (QED) is 0.818. The second-order valence-electron chi connectivity index (χ2n) is 7.18. The first-order valence-corrected chi connectivity index (χ1v) is 10.5. The fourth-order valence-corrected chi connectivity index (χ4v) is 5.56. The molecule has 3 atom stereocenters. The van der Waals surface area contributed by atoms with Crippen molar-refractivity contribution in [3.63, 3.8) is 0 Å². The van der Waals surface area contributed by atoms with E-state index in [2.05, 4.69) is 34.2 Å². The third kappa shape index (κ3) is 7.01. The summed E-state index contributed by atoms with van der Waals surface area (Å²) in [6.45, 7) is 6.80. The van der Waals surface area contributed by atoms with Crippen LogP contribution in [-0.4, -0.2) is 52.8 Å². The minimum absolute atomic E-state index is 0.245. The average molecular weight is 347 g/mol. The summed E-state index contributed by atoms with van der Waals surface area (Å²) in [6, 6.07) is 0.774. The topological polar surface area (TPSA) is 50.4 Å². The molecule has 0 bridgehead atoms. The van der Waals surface area contributed by atoms with Crippen molar-refractivity contribution in [3.8, 4) is 0 Å². The molecule has 4 nitrogen and oxygen atoms in total. The third-order valence-corrected chi connectivity index (χ3v) is 6.76. The van der Waals surface area contributed by atoms with Crippen molar-refractivity contribution in [3.05, 3.63) is 0 Å². The van der Waals surface area contributed by atoms with Gasteiger partial charge < -0.3 is 15.4 Å². The van der Waals surface area contributed by atoms with Crippen molar-refractivity contribution in [2.75, 3.05) is 23.8 Å². The molecule has 1 saturated carbocycles. The van der Waals surface area contributed by atoms with Gasteiger partial charge in [0.25, 0.3) is 0 Å². The Morgan fingerprint density at radius 2 is 2.00 bits per heavy atom. The SMILES string of the molecule is CC(C)(C)OC(=O)NC1CCCC(NCC2CSCCS2)C1. The van der Waals surface area contributed by atoms with Crippen LogP contribution < -0.4 is 10.6 Å². The van der Waals surface area contributed by atoms with Gasteiger partial charge in [0, 0.05) is 41.1 Å². The summed E-state index contributed by atoms with van der Waals surface area (Å²) >= 11 is 4.17. The summed E-state index contributed by atoms with van der Waals surface area (Å²) in [6.07, 6.45) is 4.19. The van der Waals surface area contributed by atoms with Crippen LogP contribution in [0.3, 0.4) is 0 Å². The lowest BCUT2D eigenvalue weighted by Gasteiger charge is -2.32. The number of nitrogens with one attached hydrogen (secondary N) is 2. The normalized spacial score (nSPS) is 29.9. The zero-order chi connectivity index (χ0) is 16.0. The highest BCUT2D eigenvalue weighted by atomic mass is 32.2. The number of carbonyl (C=O) groups is 1. The molecule has 6 heteroatoms. The molecule has 1 heterocycles. The van der Waals surface area contributed by atoms with Gasteiger partial charge in [0.1, 0.15) is 5.60 Å². The van der Waals surface area contributed by atoms with Gasteiger partial charge in [-0.25, -0.2) is 4.79 Å². The van der Waals surface area contributed by atoms with E-state index in [9.17, 15) is 4.79 Å². The van der Waals surface area contributed by atoms with Gasteiger partial charge >= 0.3 is 6.09 Å². The van der Waals surface area contributed by atoms with Crippen molar-refractivity contribution < 1.29 is 9.53 Å². The zero-order valence-electron chi connectivity index (χ0n) is 14.0. The molecule has 1 amide bonds. The van der Waals surface area contributed by atoms with E-state index in [1.807, 2.05) is 20.8 Å². The van der Waals surface area contributed by atoms with Gasteiger partial charge in [0.2, 0.25) is 0 Å². The van der Waals surface area contributed by atoms with Crippen LogP contribution >= 0.6 is 23.5 Å². The molecule has 0 aromatic heterocycles. The molecule has 1 aliphatic heterocycles. The largest absolute Gasteiger partial charge is 0.444 e. The van der Waals surface area contributed by atoms with Crippen molar-refractivity contribution in [1.82, 2.24) is 10.6 Å². The molecule has 2 aliphatic rings. The molecule has 2 rings (SSSR count). The maximum absolute atomic E-state index is 11.9. The second-order valence-corrected chi connectivity index (χ2v) is 9.74. The van der Waals surface area contributed by atoms with Crippen LogP contribution in [0.4, 0.5) is 4.79 Å². The van der Waals surface area contributed by atoms with E-state index in [0.29, 0.717) is 6.04 Å². The van der Waals surface area contributed by atoms with Crippen LogP contribution in [0.15, 0.2) is 0 Å². The summed E-state index contributed by atoms with van der Waals surface area (Å²) in [5.74, 6) is 3.85. The van der Waals surface area contributed by atoms with E-state index in [4.69, 9.17) is 4.74 Å². The van der Waals surface area contributed by atoms with Crippen LogP contribution in [0.1, 0.15) is 46.5 Å². The predicted octanol–water partition coefficient (Wildman–Crippen LogP) is 3.26. The molecule has 1 aliphatic carbocycles. The van der Waals surface area contributed by atoms with Crippen LogP contribution in [0, 0.1) is 0 Å². The van der Waals surface area contributed by atoms with Crippen LogP contribution in [0.25, 0.3) is 0 Å². The molecular weight excluding hydrogens is 316 g/mol. The first-order chi connectivity index (χ1) is 10.4. The van der Waals surface area contributed by atoms with Crippen LogP contribution in [0.2, 0.25) is 0 Å². The van der Waals surface area contributed by atoms with E-state index < -0.39 is 5.60 Å². The van der Waals surface area contributed by atoms with E-state index in [-0.39, 0.29) is 12.1 Å². The Labute approximate surface area is 143 Å². The minimum atomic E-state index is -0.424. The Morgan fingerprint density at radius 3 is 2.68 bits per heavy atom. The van der Waals surface area contributed by atoms with Gasteiger partial charge in [-0.3, -0.25) is 0 Å². The van der Waals surface area contributed by atoms with E-state index in [1.54, 1.807) is 0 Å². The maximum Gasteiger partial charge on any atom is 0.407 e. The first kappa shape index (κ1) is 18.3. The number of carbonyl (C=O) groups excluding carboxylic acids is 1. The monoisotopic (exact) mass is 346 g/mol. The Kier molecular flexibility index (Phi) is 7.22. The molecule has 0 radical (unpaired) electrons. The fraction of sp³-hybridized carbons (Fsp3) is 0.938. The van der Waals surface area contributed by atoms with Gasteiger partial charge in [-0.2, -0.15) is 23.5 Å². The van der Waals surface area contributed by atoms with E-state index in [1.165, 1.54) is 30.1 Å². The average Bonchev–Trinajstić information content (AvgIpc) is 2.44. The number of hydrogen-bond acceptors (Lipinski definition) is 5. The van der Waals surface area contributed by atoms with Gasteiger partial charge in [0.15, 0.2) is 0 Å². The van der Waals surface area contributed by atoms with Gasteiger partial charge in [-0.05, 0) is 46.5 Å². The molecule has 0 aromatic carbocycles. The summed E-state index contributed by atoms with van der Waals surface area (Å²) in [4.78, 5) is 11.9. The smallest absolute Gasteiger partial charge is 0.407 e. The van der Waals surface area contributed by atoms with Crippen LogP contribution in [0.5, 0.6) is 0 Å². The molecule has 0 spiro atoms. The lowest BCUT2D eigenvalue weighted by molar-refractivity contribution is 0.0489. The van der Waals surface area contributed by atoms with Crippen molar-refractivity contribution in [2.45, 2.75) is 69.4 Å². The van der Waals surface area contributed by atoms with Crippen molar-refractivity contribution in [1.29, 1.82) is 0 Å². The highest BCUT2D eigenvalue weighted by Crippen LogP contribution is 2.24. The third-order valence-electron chi connectivity index (χ3n) is 3.91. The number of thioether (sulfide) groups is 2. The lowest BCUT2D eigenvalue weighted by Crippen LogP contribution is -2.47. The summed E-state index contributed by atoms with van der Waals surface area (Å²) in [7, 11) is 0. The Hall–Kier alpha value is -0.0700. The lowest BCUT2D eigenvalue weighted by atomic mass is 9.91. The molecule has 128 valence electrons. The summed E-state index contributed by atoms with van der Waals surface area (Å²) < 4.78 is 5.35. The number of rotatable bonds is 4.